The van der Waals surface area contributed by atoms with Gasteiger partial charge in [0.25, 0.3) is 0 Å². The topological polar surface area (TPSA) is 53.0 Å². The number of nitrogens with two attached hydrogens (primary N) is 1. The highest BCUT2D eigenvalue weighted by Gasteiger charge is 2.12. The Hall–Kier alpha value is -1.33. The molecule has 0 atom stereocenters. The van der Waals surface area contributed by atoms with E-state index in [4.69, 9.17) is 11.0 Å². The standard InChI is InChI=1S/C14H19N3S/c1-12(2)17(9-4-8-16)11-14-13(5-3-7-15)6-10-18-14/h6,10,12H,4,7,9,11,15H2,1-2H3. The van der Waals surface area contributed by atoms with E-state index in [0.29, 0.717) is 19.0 Å². The van der Waals surface area contributed by atoms with Gasteiger partial charge in [-0.25, -0.2) is 0 Å². The molecule has 4 heteroatoms. The van der Waals surface area contributed by atoms with Gasteiger partial charge in [0.05, 0.1) is 12.6 Å². The Balaban J connectivity index is 2.75. The summed E-state index contributed by atoms with van der Waals surface area (Å²) in [6.45, 7) is 6.34. The maximum Gasteiger partial charge on any atom is 0.0635 e. The molecule has 0 spiro atoms. The van der Waals surface area contributed by atoms with E-state index < -0.39 is 0 Å². The third-order valence-corrected chi connectivity index (χ3v) is 3.56. The highest BCUT2D eigenvalue weighted by molar-refractivity contribution is 7.10. The summed E-state index contributed by atoms with van der Waals surface area (Å²) in [4.78, 5) is 3.55. The normalized spacial score (nSPS) is 10.2. The maximum atomic E-state index is 8.68. The van der Waals surface area contributed by atoms with Gasteiger partial charge in [0.15, 0.2) is 0 Å². The molecule has 0 aromatic carbocycles. The first kappa shape index (κ1) is 14.7. The quantitative estimate of drug-likeness (QED) is 0.827. The number of nitrogens with zero attached hydrogens (tertiary/aromatic N) is 2. The van der Waals surface area contributed by atoms with Gasteiger partial charge in [-0.1, -0.05) is 11.8 Å². The average molecular weight is 261 g/mol. The summed E-state index contributed by atoms with van der Waals surface area (Å²) in [5.41, 5.74) is 6.46. The molecule has 0 fully saturated rings. The molecule has 0 saturated carbocycles. The molecule has 1 rings (SSSR count). The van der Waals surface area contributed by atoms with E-state index >= 15 is 0 Å². The first-order valence-electron chi connectivity index (χ1n) is 6.05. The SMILES string of the molecule is CC(C)N(CCC#N)Cc1sccc1C#CCN. The van der Waals surface area contributed by atoms with Gasteiger partial charge in [-0.15, -0.1) is 11.3 Å². The van der Waals surface area contributed by atoms with Crippen LogP contribution in [0.5, 0.6) is 0 Å². The van der Waals surface area contributed by atoms with Gasteiger partial charge >= 0.3 is 0 Å². The minimum absolute atomic E-state index is 0.387. The van der Waals surface area contributed by atoms with Crippen molar-refractivity contribution >= 4 is 11.3 Å². The van der Waals surface area contributed by atoms with Crippen molar-refractivity contribution in [2.24, 2.45) is 5.73 Å². The second-order valence-electron chi connectivity index (χ2n) is 4.24. The summed E-state index contributed by atoms with van der Waals surface area (Å²) in [6.07, 6.45) is 0.563. The highest BCUT2D eigenvalue weighted by atomic mass is 32.1. The number of hydrogen-bond donors (Lipinski definition) is 1. The second-order valence-corrected chi connectivity index (χ2v) is 5.24. The minimum Gasteiger partial charge on any atom is -0.320 e. The third-order valence-electron chi connectivity index (χ3n) is 2.66. The molecule has 0 saturated heterocycles. The molecule has 0 radical (unpaired) electrons. The van der Waals surface area contributed by atoms with Crippen molar-refractivity contribution in [3.05, 3.63) is 21.9 Å². The number of thiophene rings is 1. The predicted octanol–water partition coefficient (Wildman–Crippen LogP) is 2.18. The third kappa shape index (κ3) is 4.50. The lowest BCUT2D eigenvalue weighted by Gasteiger charge is -2.24. The van der Waals surface area contributed by atoms with Gasteiger partial charge < -0.3 is 5.73 Å². The fourth-order valence-electron chi connectivity index (χ4n) is 1.62. The fraction of sp³-hybridized carbons (Fsp3) is 0.500. The Morgan fingerprint density at radius 2 is 2.28 bits per heavy atom. The van der Waals surface area contributed by atoms with Crippen LogP contribution < -0.4 is 5.73 Å². The molecule has 0 aliphatic carbocycles. The molecular weight excluding hydrogens is 242 g/mol. The molecule has 3 nitrogen and oxygen atoms in total. The van der Waals surface area contributed by atoms with Crippen LogP contribution in [0.15, 0.2) is 11.4 Å². The van der Waals surface area contributed by atoms with Crippen molar-refractivity contribution < 1.29 is 0 Å². The van der Waals surface area contributed by atoms with Crippen LogP contribution in [0.25, 0.3) is 0 Å². The molecule has 0 amide bonds. The molecule has 1 aromatic heterocycles. The van der Waals surface area contributed by atoms with Gasteiger partial charge in [-0.3, -0.25) is 4.90 Å². The van der Waals surface area contributed by atoms with Crippen LogP contribution in [0.4, 0.5) is 0 Å². The number of rotatable bonds is 5. The van der Waals surface area contributed by atoms with Gasteiger partial charge in [0.1, 0.15) is 0 Å². The summed E-state index contributed by atoms with van der Waals surface area (Å²) in [6, 6.07) is 4.66. The van der Waals surface area contributed by atoms with Gasteiger partial charge in [0, 0.05) is 36.0 Å². The van der Waals surface area contributed by atoms with Gasteiger partial charge in [0.2, 0.25) is 0 Å². The molecule has 0 bridgehead atoms. The van der Waals surface area contributed by atoms with Crippen LogP contribution in [0.3, 0.4) is 0 Å². The summed E-state index contributed by atoms with van der Waals surface area (Å²) in [7, 11) is 0. The lowest BCUT2D eigenvalue weighted by molar-refractivity contribution is 0.219. The fourth-order valence-corrected chi connectivity index (χ4v) is 2.47. The Bertz CT molecular complexity index is 459. The van der Waals surface area contributed by atoms with E-state index in [1.165, 1.54) is 4.88 Å². The van der Waals surface area contributed by atoms with E-state index in [0.717, 1.165) is 18.7 Å². The zero-order chi connectivity index (χ0) is 13.4. The van der Waals surface area contributed by atoms with E-state index in [-0.39, 0.29) is 0 Å². The zero-order valence-electron chi connectivity index (χ0n) is 10.9. The second kappa shape index (κ2) is 7.89. The first-order chi connectivity index (χ1) is 8.69. The van der Waals surface area contributed by atoms with E-state index in [1.807, 2.05) is 6.07 Å². The number of nitriles is 1. The van der Waals surface area contributed by atoms with Crippen molar-refractivity contribution in [3.8, 4) is 17.9 Å². The lowest BCUT2D eigenvalue weighted by atomic mass is 10.2. The van der Waals surface area contributed by atoms with Crippen molar-refractivity contribution in [1.29, 1.82) is 5.26 Å². The molecule has 1 heterocycles. The Morgan fingerprint density at radius 1 is 1.50 bits per heavy atom. The smallest absolute Gasteiger partial charge is 0.0635 e. The van der Waals surface area contributed by atoms with E-state index in [2.05, 4.69) is 42.0 Å². The lowest BCUT2D eigenvalue weighted by Crippen LogP contribution is -2.31. The van der Waals surface area contributed by atoms with Crippen LogP contribution in [-0.2, 0) is 6.54 Å². The van der Waals surface area contributed by atoms with Crippen LogP contribution in [-0.4, -0.2) is 24.0 Å². The summed E-state index contributed by atoms with van der Waals surface area (Å²) >= 11 is 1.71. The summed E-state index contributed by atoms with van der Waals surface area (Å²) in [5.74, 6) is 5.99. The maximum absolute atomic E-state index is 8.68. The molecule has 96 valence electrons. The molecule has 0 aliphatic rings. The largest absolute Gasteiger partial charge is 0.320 e. The molecule has 1 aromatic rings. The van der Waals surface area contributed by atoms with E-state index in [1.54, 1.807) is 11.3 Å². The summed E-state index contributed by atoms with van der Waals surface area (Å²) < 4.78 is 0. The van der Waals surface area contributed by atoms with Gasteiger partial charge in [-0.05, 0) is 25.3 Å². The Labute approximate surface area is 113 Å². The predicted molar refractivity (Wildman–Crippen MR) is 76.0 cm³/mol. The van der Waals surface area contributed by atoms with Crippen LogP contribution in [0, 0.1) is 23.2 Å². The molecular formula is C14H19N3S. The zero-order valence-corrected chi connectivity index (χ0v) is 11.8. The van der Waals surface area contributed by atoms with Crippen molar-refractivity contribution in [2.45, 2.75) is 32.9 Å². The molecule has 18 heavy (non-hydrogen) atoms. The molecule has 2 N–H and O–H groups in total. The van der Waals surface area contributed by atoms with Crippen molar-refractivity contribution in [2.75, 3.05) is 13.1 Å². The summed E-state index contributed by atoms with van der Waals surface area (Å²) in [5, 5.41) is 10.7. The minimum atomic E-state index is 0.387. The van der Waals surface area contributed by atoms with Crippen molar-refractivity contribution in [1.82, 2.24) is 4.90 Å². The van der Waals surface area contributed by atoms with Crippen LogP contribution in [0.1, 0.15) is 30.7 Å². The van der Waals surface area contributed by atoms with E-state index in [9.17, 15) is 0 Å². The number of hydrogen-bond acceptors (Lipinski definition) is 4. The Morgan fingerprint density at radius 3 is 2.89 bits per heavy atom. The first-order valence-corrected chi connectivity index (χ1v) is 6.93. The highest BCUT2D eigenvalue weighted by Crippen LogP contribution is 2.19. The van der Waals surface area contributed by atoms with Gasteiger partial charge in [-0.2, -0.15) is 5.26 Å². The van der Waals surface area contributed by atoms with Crippen molar-refractivity contribution in [3.63, 3.8) is 0 Å². The van der Waals surface area contributed by atoms with Crippen LogP contribution >= 0.6 is 11.3 Å². The Kier molecular flexibility index (Phi) is 6.46. The molecule has 0 aliphatic heterocycles. The van der Waals surface area contributed by atoms with Crippen LogP contribution in [0.2, 0.25) is 0 Å². The monoisotopic (exact) mass is 261 g/mol. The molecule has 0 unspecified atom stereocenters. The average Bonchev–Trinajstić information content (AvgIpc) is 2.78.